The number of aryl methyl sites for hydroxylation is 1. The minimum atomic E-state index is 0.354. The molecule has 1 aliphatic carbocycles. The Hall–Kier alpha value is -1.09. The highest BCUT2D eigenvalue weighted by atomic mass is 16.1. The van der Waals surface area contributed by atoms with Gasteiger partial charge in [-0.2, -0.15) is 0 Å². The number of hydrogen-bond acceptors (Lipinski definition) is 2. The molecule has 1 saturated heterocycles. The van der Waals surface area contributed by atoms with E-state index < -0.39 is 0 Å². The lowest BCUT2D eigenvalue weighted by molar-refractivity contribution is 0.0971. The normalized spacial score (nSPS) is 21.2. The number of likely N-dealkylation sites (tertiary alicyclic amines) is 1. The van der Waals surface area contributed by atoms with Gasteiger partial charge in [-0.3, -0.25) is 4.79 Å². The van der Waals surface area contributed by atoms with Gasteiger partial charge in [0.25, 0.3) is 0 Å². The maximum absolute atomic E-state index is 12.0. The van der Waals surface area contributed by atoms with E-state index in [2.05, 4.69) is 29.5 Å². The van der Waals surface area contributed by atoms with E-state index in [0.29, 0.717) is 5.78 Å². The van der Waals surface area contributed by atoms with E-state index in [1.165, 1.54) is 43.7 Å². The van der Waals surface area contributed by atoms with Crippen LogP contribution in [-0.4, -0.2) is 35.4 Å². The zero-order chi connectivity index (χ0) is 14.1. The second-order valence-corrected chi connectivity index (χ2v) is 6.61. The first kappa shape index (κ1) is 13.9. The highest BCUT2D eigenvalue weighted by Crippen LogP contribution is 2.27. The SMILES string of the molecule is Cc1cc2c(n1CCC1CCN(C)CC1)CCCC2=O. The van der Waals surface area contributed by atoms with E-state index in [9.17, 15) is 4.79 Å². The third kappa shape index (κ3) is 2.69. The van der Waals surface area contributed by atoms with Crippen molar-refractivity contribution in [3.8, 4) is 0 Å². The van der Waals surface area contributed by atoms with Crippen molar-refractivity contribution >= 4 is 5.78 Å². The van der Waals surface area contributed by atoms with Gasteiger partial charge in [-0.1, -0.05) is 0 Å². The van der Waals surface area contributed by atoms with Gasteiger partial charge in [0.2, 0.25) is 0 Å². The number of piperidine rings is 1. The van der Waals surface area contributed by atoms with Crippen LogP contribution in [0.1, 0.15) is 53.8 Å². The summed E-state index contributed by atoms with van der Waals surface area (Å²) in [7, 11) is 2.22. The number of hydrogen-bond donors (Lipinski definition) is 0. The molecule has 1 aromatic heterocycles. The van der Waals surface area contributed by atoms with Gasteiger partial charge in [0.1, 0.15) is 0 Å². The number of aromatic nitrogens is 1. The number of ketones is 1. The van der Waals surface area contributed by atoms with Gasteiger partial charge < -0.3 is 9.47 Å². The summed E-state index contributed by atoms with van der Waals surface area (Å²) in [6, 6.07) is 2.12. The number of fused-ring (bicyclic) bond motifs is 1. The summed E-state index contributed by atoms with van der Waals surface area (Å²) in [5.41, 5.74) is 3.60. The molecule has 0 aromatic carbocycles. The summed E-state index contributed by atoms with van der Waals surface area (Å²) < 4.78 is 2.42. The first-order valence-corrected chi connectivity index (χ1v) is 8.06. The van der Waals surface area contributed by atoms with Gasteiger partial charge in [-0.05, 0) is 71.1 Å². The molecule has 2 aliphatic rings. The fourth-order valence-electron chi connectivity index (χ4n) is 3.76. The summed E-state index contributed by atoms with van der Waals surface area (Å²) in [5.74, 6) is 1.22. The average molecular weight is 274 g/mol. The number of carbonyl (C=O) groups excluding carboxylic acids is 1. The molecule has 1 aliphatic heterocycles. The van der Waals surface area contributed by atoms with Crippen LogP contribution in [0, 0.1) is 12.8 Å². The fraction of sp³-hybridized carbons (Fsp3) is 0.706. The molecule has 3 heteroatoms. The third-order valence-electron chi connectivity index (χ3n) is 5.13. The molecule has 3 nitrogen and oxygen atoms in total. The third-order valence-corrected chi connectivity index (χ3v) is 5.13. The fourth-order valence-corrected chi connectivity index (χ4v) is 3.76. The predicted molar refractivity (Wildman–Crippen MR) is 81.3 cm³/mol. The molecule has 0 unspecified atom stereocenters. The number of nitrogens with zero attached hydrogens (tertiary/aromatic N) is 2. The highest BCUT2D eigenvalue weighted by molar-refractivity contribution is 5.98. The van der Waals surface area contributed by atoms with Crippen molar-refractivity contribution in [2.45, 2.75) is 52.0 Å². The van der Waals surface area contributed by atoms with Crippen molar-refractivity contribution in [1.82, 2.24) is 9.47 Å². The first-order chi connectivity index (χ1) is 9.65. The van der Waals surface area contributed by atoms with Crippen LogP contribution in [0.5, 0.6) is 0 Å². The molecule has 0 radical (unpaired) electrons. The Morgan fingerprint density at radius 3 is 2.75 bits per heavy atom. The van der Waals surface area contributed by atoms with Crippen molar-refractivity contribution in [2.75, 3.05) is 20.1 Å². The zero-order valence-electron chi connectivity index (χ0n) is 12.8. The Kier molecular flexibility index (Phi) is 3.97. The van der Waals surface area contributed by atoms with Crippen LogP contribution >= 0.6 is 0 Å². The van der Waals surface area contributed by atoms with Crippen LogP contribution in [-0.2, 0) is 13.0 Å². The van der Waals surface area contributed by atoms with Crippen LogP contribution in [0.4, 0.5) is 0 Å². The number of rotatable bonds is 3. The highest BCUT2D eigenvalue weighted by Gasteiger charge is 2.23. The second-order valence-electron chi connectivity index (χ2n) is 6.61. The molecule has 0 saturated carbocycles. The summed E-state index contributed by atoms with van der Waals surface area (Å²) in [6.45, 7) is 5.74. The van der Waals surface area contributed by atoms with E-state index in [1.807, 2.05) is 0 Å². The first-order valence-electron chi connectivity index (χ1n) is 8.06. The quantitative estimate of drug-likeness (QED) is 0.846. The van der Waals surface area contributed by atoms with Crippen molar-refractivity contribution < 1.29 is 4.79 Å². The summed E-state index contributed by atoms with van der Waals surface area (Å²) in [5, 5.41) is 0. The Morgan fingerprint density at radius 2 is 2.00 bits per heavy atom. The standard InChI is InChI=1S/C17H26N2O/c1-13-12-15-16(4-3-5-17(15)20)19(13)11-8-14-6-9-18(2)10-7-14/h12,14H,3-11H2,1-2H3. The van der Waals surface area contributed by atoms with E-state index in [1.54, 1.807) is 0 Å². The van der Waals surface area contributed by atoms with Crippen LogP contribution in [0.3, 0.4) is 0 Å². The minimum absolute atomic E-state index is 0.354. The molecule has 0 spiro atoms. The number of carbonyl (C=O) groups is 1. The lowest BCUT2D eigenvalue weighted by Gasteiger charge is -2.29. The molecule has 0 atom stereocenters. The lowest BCUT2D eigenvalue weighted by atomic mass is 9.93. The van der Waals surface area contributed by atoms with Crippen molar-refractivity contribution in [3.05, 3.63) is 23.0 Å². The molecule has 1 fully saturated rings. The molecule has 110 valence electrons. The Labute approximate surface area is 122 Å². The smallest absolute Gasteiger partial charge is 0.164 e. The maximum Gasteiger partial charge on any atom is 0.164 e. The van der Waals surface area contributed by atoms with E-state index >= 15 is 0 Å². The van der Waals surface area contributed by atoms with Gasteiger partial charge in [-0.15, -0.1) is 0 Å². The van der Waals surface area contributed by atoms with E-state index in [4.69, 9.17) is 0 Å². The monoisotopic (exact) mass is 274 g/mol. The Balaban J connectivity index is 1.67. The van der Waals surface area contributed by atoms with E-state index in [0.717, 1.165) is 37.3 Å². The minimum Gasteiger partial charge on any atom is -0.348 e. The van der Waals surface area contributed by atoms with Crippen molar-refractivity contribution in [2.24, 2.45) is 5.92 Å². The Bertz CT molecular complexity index is 495. The lowest BCUT2D eigenvalue weighted by Crippen LogP contribution is -2.30. The van der Waals surface area contributed by atoms with Crippen molar-refractivity contribution in [3.63, 3.8) is 0 Å². The Morgan fingerprint density at radius 1 is 1.25 bits per heavy atom. The van der Waals surface area contributed by atoms with Gasteiger partial charge in [-0.25, -0.2) is 0 Å². The molecule has 0 bridgehead atoms. The topological polar surface area (TPSA) is 25.2 Å². The second kappa shape index (κ2) is 5.72. The molecule has 20 heavy (non-hydrogen) atoms. The van der Waals surface area contributed by atoms with Gasteiger partial charge in [0.15, 0.2) is 5.78 Å². The molecule has 0 amide bonds. The van der Waals surface area contributed by atoms with Gasteiger partial charge in [0.05, 0.1) is 0 Å². The molecule has 2 heterocycles. The largest absolute Gasteiger partial charge is 0.348 e. The average Bonchev–Trinajstić information content (AvgIpc) is 2.76. The van der Waals surface area contributed by atoms with Crippen LogP contribution < -0.4 is 0 Å². The summed E-state index contributed by atoms with van der Waals surface area (Å²) >= 11 is 0. The molecular formula is C17H26N2O. The van der Waals surface area contributed by atoms with Gasteiger partial charge >= 0.3 is 0 Å². The zero-order valence-corrected chi connectivity index (χ0v) is 12.8. The van der Waals surface area contributed by atoms with Crippen LogP contribution in [0.2, 0.25) is 0 Å². The van der Waals surface area contributed by atoms with Crippen LogP contribution in [0.15, 0.2) is 6.07 Å². The van der Waals surface area contributed by atoms with Gasteiger partial charge in [0, 0.05) is 29.9 Å². The molecule has 3 rings (SSSR count). The maximum atomic E-state index is 12.0. The molecular weight excluding hydrogens is 248 g/mol. The molecule has 1 aromatic rings. The van der Waals surface area contributed by atoms with Crippen LogP contribution in [0.25, 0.3) is 0 Å². The summed E-state index contributed by atoms with van der Waals surface area (Å²) in [4.78, 5) is 14.4. The van der Waals surface area contributed by atoms with E-state index in [-0.39, 0.29) is 0 Å². The van der Waals surface area contributed by atoms with Crippen molar-refractivity contribution in [1.29, 1.82) is 0 Å². The number of Topliss-reactive ketones (excluding diaryl/α,β-unsaturated/α-hetero) is 1. The molecule has 0 N–H and O–H groups in total. The predicted octanol–water partition coefficient (Wildman–Crippen LogP) is 3.05. The summed E-state index contributed by atoms with van der Waals surface area (Å²) in [6.07, 6.45) is 6.79.